The maximum absolute atomic E-state index is 6.02. The quantitative estimate of drug-likeness (QED) is 0.866. The largest absolute Gasteiger partial charge is 0.472 e. The van der Waals surface area contributed by atoms with Gasteiger partial charge in [-0.15, -0.1) is 0 Å². The van der Waals surface area contributed by atoms with Crippen LogP contribution in [-0.4, -0.2) is 35.6 Å². The van der Waals surface area contributed by atoms with E-state index in [2.05, 4.69) is 46.3 Å². The van der Waals surface area contributed by atoms with E-state index in [1.165, 1.54) is 42.6 Å². The summed E-state index contributed by atoms with van der Waals surface area (Å²) in [5, 5.41) is 0. The van der Waals surface area contributed by atoms with Crippen molar-refractivity contribution in [3.63, 3.8) is 0 Å². The van der Waals surface area contributed by atoms with Gasteiger partial charge < -0.3 is 4.74 Å². The minimum Gasteiger partial charge on any atom is -0.472 e. The Hall–Kier alpha value is -1.87. The summed E-state index contributed by atoms with van der Waals surface area (Å²) in [6.07, 6.45) is 6.86. The zero-order valence-corrected chi connectivity index (χ0v) is 12.9. The first-order valence-corrected chi connectivity index (χ1v) is 8.27. The normalized spacial score (nSPS) is 20.8. The maximum Gasteiger partial charge on any atom is 0.216 e. The summed E-state index contributed by atoms with van der Waals surface area (Å²) in [6.45, 7) is 3.50. The Kier molecular flexibility index (Phi) is 3.81. The number of hydrogen-bond acceptors (Lipinski definition) is 3. The SMILES string of the molecule is c1ccc(Cc2cnc3c(c2)CC(CN2CCCC2)O3)cc1. The molecule has 0 spiro atoms. The highest BCUT2D eigenvalue weighted by atomic mass is 16.5. The number of hydrogen-bond donors (Lipinski definition) is 0. The summed E-state index contributed by atoms with van der Waals surface area (Å²) < 4.78 is 6.02. The molecule has 1 saturated heterocycles. The third kappa shape index (κ3) is 3.00. The summed E-state index contributed by atoms with van der Waals surface area (Å²) in [5.41, 5.74) is 3.88. The highest BCUT2D eigenvalue weighted by Gasteiger charge is 2.27. The number of ether oxygens (including phenoxy) is 1. The molecule has 2 aliphatic heterocycles. The van der Waals surface area contributed by atoms with E-state index in [1.54, 1.807) is 0 Å². The Morgan fingerprint density at radius 3 is 2.73 bits per heavy atom. The Labute approximate surface area is 131 Å². The highest BCUT2D eigenvalue weighted by molar-refractivity contribution is 5.36. The summed E-state index contributed by atoms with van der Waals surface area (Å²) in [4.78, 5) is 7.05. The second-order valence-electron chi connectivity index (χ2n) is 6.42. The first kappa shape index (κ1) is 13.8. The van der Waals surface area contributed by atoms with Crippen molar-refractivity contribution in [3.8, 4) is 5.88 Å². The molecule has 2 aliphatic rings. The van der Waals surface area contributed by atoms with Gasteiger partial charge in [-0.2, -0.15) is 0 Å². The standard InChI is InChI=1S/C19H22N2O/c1-2-6-15(7-3-1)10-16-11-17-12-18(22-19(17)20-13-16)14-21-8-4-5-9-21/h1-3,6-7,11,13,18H,4-5,8-10,12,14H2. The van der Waals surface area contributed by atoms with E-state index in [0.29, 0.717) is 0 Å². The van der Waals surface area contributed by atoms with Crippen LogP contribution < -0.4 is 4.74 Å². The Balaban J connectivity index is 1.43. The minimum atomic E-state index is 0.285. The summed E-state index contributed by atoms with van der Waals surface area (Å²) >= 11 is 0. The zero-order valence-electron chi connectivity index (χ0n) is 12.9. The lowest BCUT2D eigenvalue weighted by atomic mass is 10.0. The van der Waals surface area contributed by atoms with E-state index in [-0.39, 0.29) is 6.10 Å². The molecule has 1 fully saturated rings. The molecule has 0 aliphatic carbocycles. The van der Waals surface area contributed by atoms with Gasteiger partial charge in [0.2, 0.25) is 5.88 Å². The van der Waals surface area contributed by atoms with Gasteiger partial charge in [0.05, 0.1) is 0 Å². The molecule has 22 heavy (non-hydrogen) atoms. The summed E-state index contributed by atoms with van der Waals surface area (Å²) in [5.74, 6) is 0.848. The minimum absolute atomic E-state index is 0.285. The molecule has 2 aromatic rings. The van der Waals surface area contributed by atoms with Crippen LogP contribution >= 0.6 is 0 Å². The molecule has 0 radical (unpaired) electrons. The van der Waals surface area contributed by atoms with Gasteiger partial charge in [0.15, 0.2) is 0 Å². The van der Waals surface area contributed by atoms with Crippen LogP contribution in [0.15, 0.2) is 42.6 Å². The molecular formula is C19H22N2O. The van der Waals surface area contributed by atoms with Crippen LogP contribution in [0.2, 0.25) is 0 Å². The number of benzene rings is 1. The molecule has 3 nitrogen and oxygen atoms in total. The van der Waals surface area contributed by atoms with E-state index in [1.807, 2.05) is 6.20 Å². The number of nitrogens with zero attached hydrogens (tertiary/aromatic N) is 2. The van der Waals surface area contributed by atoms with Crippen molar-refractivity contribution in [1.82, 2.24) is 9.88 Å². The van der Waals surface area contributed by atoms with Gasteiger partial charge in [-0.3, -0.25) is 4.90 Å². The lowest BCUT2D eigenvalue weighted by molar-refractivity contribution is 0.164. The number of pyridine rings is 1. The monoisotopic (exact) mass is 294 g/mol. The van der Waals surface area contributed by atoms with E-state index >= 15 is 0 Å². The van der Waals surface area contributed by atoms with Gasteiger partial charge in [-0.05, 0) is 49.5 Å². The Morgan fingerprint density at radius 1 is 1.09 bits per heavy atom. The average molecular weight is 294 g/mol. The third-order valence-corrected chi connectivity index (χ3v) is 4.62. The number of likely N-dealkylation sites (tertiary alicyclic amines) is 1. The molecular weight excluding hydrogens is 272 g/mol. The van der Waals surface area contributed by atoms with Crippen molar-refractivity contribution in [2.75, 3.05) is 19.6 Å². The van der Waals surface area contributed by atoms with Crippen molar-refractivity contribution >= 4 is 0 Å². The van der Waals surface area contributed by atoms with Crippen molar-refractivity contribution in [1.29, 1.82) is 0 Å². The molecule has 1 unspecified atom stereocenters. The average Bonchev–Trinajstić information content (AvgIpc) is 3.17. The third-order valence-electron chi connectivity index (χ3n) is 4.62. The lowest BCUT2D eigenvalue weighted by Crippen LogP contribution is -2.32. The van der Waals surface area contributed by atoms with Gasteiger partial charge in [-0.1, -0.05) is 30.3 Å². The van der Waals surface area contributed by atoms with Crippen LogP contribution in [0.3, 0.4) is 0 Å². The fourth-order valence-electron chi connectivity index (χ4n) is 3.53. The molecule has 3 heteroatoms. The van der Waals surface area contributed by atoms with Crippen LogP contribution in [0.5, 0.6) is 5.88 Å². The van der Waals surface area contributed by atoms with Gasteiger partial charge in [0.1, 0.15) is 6.10 Å². The van der Waals surface area contributed by atoms with Gasteiger partial charge >= 0.3 is 0 Å². The van der Waals surface area contributed by atoms with E-state index in [9.17, 15) is 0 Å². The molecule has 1 aromatic carbocycles. The fourth-order valence-corrected chi connectivity index (χ4v) is 3.53. The van der Waals surface area contributed by atoms with E-state index in [4.69, 9.17) is 4.74 Å². The van der Waals surface area contributed by atoms with Crippen LogP contribution in [0.25, 0.3) is 0 Å². The molecule has 0 bridgehead atoms. The molecule has 0 amide bonds. The first-order chi connectivity index (χ1) is 10.9. The second-order valence-corrected chi connectivity index (χ2v) is 6.42. The van der Waals surface area contributed by atoms with Gasteiger partial charge in [0.25, 0.3) is 0 Å². The van der Waals surface area contributed by atoms with E-state index in [0.717, 1.165) is 25.3 Å². The predicted octanol–water partition coefficient (Wildman–Crippen LogP) is 3.07. The molecule has 0 N–H and O–H groups in total. The van der Waals surface area contributed by atoms with Crippen molar-refractivity contribution in [2.24, 2.45) is 0 Å². The Bertz CT molecular complexity index is 635. The van der Waals surface area contributed by atoms with Crippen molar-refractivity contribution < 1.29 is 4.74 Å². The smallest absolute Gasteiger partial charge is 0.216 e. The van der Waals surface area contributed by atoms with Crippen LogP contribution in [0.1, 0.15) is 29.5 Å². The molecule has 1 aromatic heterocycles. The molecule has 1 atom stereocenters. The summed E-state index contributed by atoms with van der Waals surface area (Å²) in [7, 11) is 0. The van der Waals surface area contributed by atoms with E-state index < -0.39 is 0 Å². The maximum atomic E-state index is 6.02. The lowest BCUT2D eigenvalue weighted by Gasteiger charge is -2.18. The molecule has 0 saturated carbocycles. The molecule has 4 rings (SSSR count). The first-order valence-electron chi connectivity index (χ1n) is 8.27. The van der Waals surface area contributed by atoms with Crippen molar-refractivity contribution in [3.05, 3.63) is 59.3 Å². The van der Waals surface area contributed by atoms with Crippen LogP contribution in [-0.2, 0) is 12.8 Å². The van der Waals surface area contributed by atoms with Crippen LogP contribution in [0.4, 0.5) is 0 Å². The number of fused-ring (bicyclic) bond motifs is 1. The topological polar surface area (TPSA) is 25.4 Å². The fraction of sp³-hybridized carbons (Fsp3) is 0.421. The molecule has 3 heterocycles. The Morgan fingerprint density at radius 2 is 1.91 bits per heavy atom. The van der Waals surface area contributed by atoms with Crippen LogP contribution in [0, 0.1) is 0 Å². The highest BCUT2D eigenvalue weighted by Crippen LogP contribution is 2.28. The number of aromatic nitrogens is 1. The second kappa shape index (κ2) is 6.09. The van der Waals surface area contributed by atoms with Gasteiger partial charge in [-0.25, -0.2) is 4.98 Å². The summed E-state index contributed by atoms with van der Waals surface area (Å²) in [6, 6.07) is 12.8. The van der Waals surface area contributed by atoms with Gasteiger partial charge in [0, 0.05) is 24.7 Å². The zero-order chi connectivity index (χ0) is 14.8. The van der Waals surface area contributed by atoms with Crippen molar-refractivity contribution in [2.45, 2.75) is 31.8 Å². The predicted molar refractivity (Wildman–Crippen MR) is 87.3 cm³/mol. The molecule has 114 valence electrons. The number of rotatable bonds is 4.